The lowest BCUT2D eigenvalue weighted by molar-refractivity contribution is 0.482. The molecule has 12 aromatic rings. The summed E-state index contributed by atoms with van der Waals surface area (Å²) in [7, 11) is 0. The first-order valence-corrected chi connectivity index (χ1v) is 25.1. The number of ether oxygens (including phenoxy) is 1. The van der Waals surface area contributed by atoms with Gasteiger partial charge in [0.1, 0.15) is 24.0 Å². The van der Waals surface area contributed by atoms with E-state index < -0.39 is 5.41 Å². The summed E-state index contributed by atoms with van der Waals surface area (Å²) in [4.78, 5) is 10.1. The lowest BCUT2D eigenvalue weighted by Crippen LogP contribution is -2.26. The third-order valence-electron chi connectivity index (χ3n) is 15.6. The van der Waals surface area contributed by atoms with Crippen molar-refractivity contribution in [3.63, 3.8) is 0 Å². The Morgan fingerprint density at radius 2 is 0.945 bits per heavy atom. The number of hydrogen-bond acceptors (Lipinski definition) is 4. The van der Waals surface area contributed by atoms with Crippen LogP contribution in [-0.2, 0) is 5.41 Å². The molecule has 0 saturated carbocycles. The molecule has 0 unspecified atom stereocenters. The summed E-state index contributed by atoms with van der Waals surface area (Å²) in [6.07, 6.45) is 2.03. The number of pyridine rings is 1. The van der Waals surface area contributed by atoms with Crippen LogP contribution in [0.25, 0.3) is 72.1 Å². The van der Waals surface area contributed by atoms with Crippen molar-refractivity contribution in [2.75, 3.05) is 16.5 Å². The predicted molar refractivity (Wildman–Crippen MR) is 299 cm³/mol. The number of aryl methyl sites for hydroxylation is 1. The van der Waals surface area contributed by atoms with Crippen molar-refractivity contribution in [3.05, 3.63) is 277 Å². The Hall–Kier alpha value is -9.45. The first-order valence-electron chi connectivity index (χ1n) is 25.1. The standard InChI is InChI=1S/C68H46N4O/c1-44-38-64(69-42-55(44)47-24-9-4-10-25-47)72-62-37-19-34-58-65(62)66-59(68(58)56-32-13-11-28-53(56)54-29-12-14-33-57(54)68)40-50(41-63(66)72)73-49-27-17-26-48(39-49)70-43-71(61-36-16-15-35-60(61)70)67-51(45-20-5-2-6-21-45)30-18-31-52(67)46-22-7-3-8-23-46/h2-42H,43H2,1H3. The maximum Gasteiger partial charge on any atom is 0.137 e. The molecular formula is C68H46N4O. The summed E-state index contributed by atoms with van der Waals surface area (Å²) in [5, 5.41) is 2.50. The van der Waals surface area contributed by atoms with Gasteiger partial charge in [0, 0.05) is 51.5 Å². The second kappa shape index (κ2) is 16.0. The Morgan fingerprint density at radius 3 is 1.60 bits per heavy atom. The minimum absolute atomic E-state index is 0.534. The number of aromatic nitrogens is 2. The quantitative estimate of drug-likeness (QED) is 0.152. The fourth-order valence-electron chi connectivity index (χ4n) is 12.6. The minimum Gasteiger partial charge on any atom is -0.457 e. The molecule has 0 fully saturated rings. The van der Waals surface area contributed by atoms with Gasteiger partial charge in [0.25, 0.3) is 0 Å². The van der Waals surface area contributed by atoms with Gasteiger partial charge in [0.2, 0.25) is 0 Å². The molecule has 344 valence electrons. The van der Waals surface area contributed by atoms with Crippen molar-refractivity contribution in [1.29, 1.82) is 0 Å². The van der Waals surface area contributed by atoms with Crippen LogP contribution in [0.5, 0.6) is 11.5 Å². The molecule has 0 radical (unpaired) electrons. The van der Waals surface area contributed by atoms with E-state index in [9.17, 15) is 0 Å². The van der Waals surface area contributed by atoms with Gasteiger partial charge in [-0.3, -0.25) is 4.57 Å². The Kier molecular flexibility index (Phi) is 9.08. The number of para-hydroxylation sites is 3. The largest absolute Gasteiger partial charge is 0.457 e. The van der Waals surface area contributed by atoms with Gasteiger partial charge in [0.05, 0.1) is 33.5 Å². The fraction of sp³-hybridized carbons (Fsp3) is 0.0441. The van der Waals surface area contributed by atoms with Gasteiger partial charge in [0.15, 0.2) is 0 Å². The van der Waals surface area contributed by atoms with Crippen LogP contribution >= 0.6 is 0 Å². The van der Waals surface area contributed by atoms with Gasteiger partial charge < -0.3 is 14.5 Å². The van der Waals surface area contributed by atoms with Crippen molar-refractivity contribution in [2.45, 2.75) is 12.3 Å². The Morgan fingerprint density at radius 1 is 0.411 bits per heavy atom. The number of anilines is 4. The molecule has 5 heteroatoms. The molecule has 0 N–H and O–H groups in total. The SMILES string of the molecule is Cc1cc(-n2c3cccc4c3c3c(cc(Oc5cccc(N6CN(c7c(-c8ccccc8)cccc7-c7ccccc7)c7ccccc76)c5)cc32)C42c3ccccc3-c3ccccc32)ncc1-c1ccccc1. The summed E-state index contributed by atoms with van der Waals surface area (Å²) >= 11 is 0. The zero-order chi connectivity index (χ0) is 48.2. The maximum absolute atomic E-state index is 7.26. The average molecular weight is 935 g/mol. The molecular weight excluding hydrogens is 889 g/mol. The predicted octanol–water partition coefficient (Wildman–Crippen LogP) is 17.2. The van der Waals surface area contributed by atoms with Gasteiger partial charge in [-0.15, -0.1) is 0 Å². The summed E-state index contributed by atoms with van der Waals surface area (Å²) in [6.45, 7) is 2.80. The van der Waals surface area contributed by atoms with E-state index in [1.807, 2.05) is 6.20 Å². The molecule has 3 aliphatic rings. The van der Waals surface area contributed by atoms with Gasteiger partial charge >= 0.3 is 0 Å². The molecule has 15 rings (SSSR count). The van der Waals surface area contributed by atoms with Gasteiger partial charge in [-0.25, -0.2) is 4.98 Å². The molecule has 1 aliphatic heterocycles. The highest BCUT2D eigenvalue weighted by molar-refractivity contribution is 6.19. The number of hydrogen-bond donors (Lipinski definition) is 0. The number of benzene rings is 10. The fourth-order valence-corrected chi connectivity index (χ4v) is 12.6. The number of nitrogens with zero attached hydrogens (tertiary/aromatic N) is 4. The molecule has 73 heavy (non-hydrogen) atoms. The molecule has 0 bridgehead atoms. The van der Waals surface area contributed by atoms with Crippen LogP contribution in [0.3, 0.4) is 0 Å². The summed E-state index contributed by atoms with van der Waals surface area (Å²) in [5.74, 6) is 2.41. The normalized spacial score (nSPS) is 13.5. The highest BCUT2D eigenvalue weighted by Crippen LogP contribution is 2.64. The second-order valence-electron chi connectivity index (χ2n) is 19.5. The third kappa shape index (κ3) is 6.06. The molecule has 2 aromatic heterocycles. The molecule has 2 aliphatic carbocycles. The Bertz CT molecular complexity index is 4080. The lowest BCUT2D eigenvalue weighted by Gasteiger charge is -2.31. The lowest BCUT2D eigenvalue weighted by atomic mass is 9.70. The van der Waals surface area contributed by atoms with Crippen LogP contribution in [-0.4, -0.2) is 16.2 Å². The smallest absolute Gasteiger partial charge is 0.137 e. The van der Waals surface area contributed by atoms with E-state index in [2.05, 4.69) is 264 Å². The van der Waals surface area contributed by atoms with Crippen molar-refractivity contribution in [2.24, 2.45) is 0 Å². The summed E-state index contributed by atoms with van der Waals surface area (Å²) in [5.41, 5.74) is 22.0. The topological polar surface area (TPSA) is 33.5 Å². The third-order valence-corrected chi connectivity index (χ3v) is 15.6. The van der Waals surface area contributed by atoms with E-state index in [0.717, 1.165) is 56.5 Å². The zero-order valence-electron chi connectivity index (χ0n) is 40.1. The van der Waals surface area contributed by atoms with Crippen molar-refractivity contribution < 1.29 is 4.74 Å². The van der Waals surface area contributed by atoms with Gasteiger partial charge in [-0.2, -0.15) is 0 Å². The van der Waals surface area contributed by atoms with E-state index in [0.29, 0.717) is 6.67 Å². The van der Waals surface area contributed by atoms with E-state index in [4.69, 9.17) is 9.72 Å². The number of fused-ring (bicyclic) bond motifs is 8. The van der Waals surface area contributed by atoms with Crippen molar-refractivity contribution in [3.8, 4) is 61.8 Å². The minimum atomic E-state index is -0.534. The second-order valence-corrected chi connectivity index (χ2v) is 19.5. The Labute approximate surface area is 424 Å². The number of rotatable bonds is 8. The van der Waals surface area contributed by atoms with Gasteiger partial charge in [-0.05, 0) is 105 Å². The Balaban J connectivity index is 0.884. The summed E-state index contributed by atoms with van der Waals surface area (Å²) in [6, 6.07) is 87.7. The monoisotopic (exact) mass is 934 g/mol. The maximum atomic E-state index is 7.26. The zero-order valence-corrected chi connectivity index (χ0v) is 40.1. The first kappa shape index (κ1) is 41.3. The highest BCUT2D eigenvalue weighted by atomic mass is 16.5. The van der Waals surface area contributed by atoms with Crippen LogP contribution in [0.2, 0.25) is 0 Å². The van der Waals surface area contributed by atoms with Crippen LogP contribution in [0.15, 0.2) is 249 Å². The van der Waals surface area contributed by atoms with E-state index in [1.54, 1.807) is 0 Å². The molecule has 10 aromatic carbocycles. The van der Waals surface area contributed by atoms with E-state index in [1.165, 1.54) is 77.7 Å². The molecule has 1 spiro atoms. The van der Waals surface area contributed by atoms with Gasteiger partial charge in [-0.1, -0.05) is 188 Å². The van der Waals surface area contributed by atoms with Crippen LogP contribution in [0.1, 0.15) is 27.8 Å². The molecule has 3 heterocycles. The van der Waals surface area contributed by atoms with Crippen LogP contribution in [0, 0.1) is 6.92 Å². The van der Waals surface area contributed by atoms with E-state index >= 15 is 0 Å². The van der Waals surface area contributed by atoms with Crippen molar-refractivity contribution >= 4 is 44.6 Å². The van der Waals surface area contributed by atoms with Crippen LogP contribution < -0.4 is 14.5 Å². The average Bonchev–Trinajstić information content (AvgIpc) is 4.25. The molecule has 0 atom stereocenters. The van der Waals surface area contributed by atoms with Crippen molar-refractivity contribution in [1.82, 2.24) is 9.55 Å². The van der Waals surface area contributed by atoms with Crippen LogP contribution in [0.4, 0.5) is 22.7 Å². The molecule has 5 nitrogen and oxygen atoms in total. The molecule has 0 amide bonds. The van der Waals surface area contributed by atoms with E-state index in [-0.39, 0.29) is 0 Å². The molecule has 0 saturated heterocycles. The first-order chi connectivity index (χ1) is 36.1. The summed E-state index contributed by atoms with van der Waals surface area (Å²) < 4.78 is 9.62. The highest BCUT2D eigenvalue weighted by Gasteiger charge is 2.52.